The van der Waals surface area contributed by atoms with E-state index in [1.165, 1.54) is 0 Å². The van der Waals surface area contributed by atoms with Crippen molar-refractivity contribution in [2.24, 2.45) is 0 Å². The molecule has 3 aromatic rings. The van der Waals surface area contributed by atoms with Crippen LogP contribution in [0.4, 0.5) is 35.0 Å². The Bertz CT molecular complexity index is 1140. The van der Waals surface area contributed by atoms with Gasteiger partial charge in [0.15, 0.2) is 11.6 Å². The van der Waals surface area contributed by atoms with Gasteiger partial charge in [-0.1, -0.05) is 19.8 Å². The Morgan fingerprint density at radius 2 is 1.97 bits per heavy atom. The van der Waals surface area contributed by atoms with E-state index < -0.39 is 17.6 Å². The summed E-state index contributed by atoms with van der Waals surface area (Å²) in [4.78, 5) is 11.2. The first-order valence-corrected chi connectivity index (χ1v) is 10.6. The smallest absolute Gasteiger partial charge is 0.341 e. The summed E-state index contributed by atoms with van der Waals surface area (Å²) >= 11 is 0. The summed E-state index contributed by atoms with van der Waals surface area (Å²) in [5, 5.41) is 11.1. The molecule has 0 saturated heterocycles. The molecule has 0 radical (unpaired) electrons. The maximum Gasteiger partial charge on any atom is 0.416 e. The van der Waals surface area contributed by atoms with Crippen molar-refractivity contribution < 1.29 is 17.6 Å². The quantitative estimate of drug-likeness (QED) is 0.556. The molecular weight excluding hydrogens is 426 g/mol. The van der Waals surface area contributed by atoms with Gasteiger partial charge in [0, 0.05) is 6.04 Å². The zero-order valence-electron chi connectivity index (χ0n) is 17.3. The Morgan fingerprint density at radius 1 is 1.19 bits per heavy atom. The molecule has 0 unspecified atom stereocenters. The first kappa shape index (κ1) is 20.7. The fourth-order valence-corrected chi connectivity index (χ4v) is 4.62. The fraction of sp³-hybridized carbons (Fsp3) is 0.429. The minimum Gasteiger partial charge on any atom is -0.341 e. The number of anilines is 3. The van der Waals surface area contributed by atoms with Crippen LogP contribution in [0.3, 0.4) is 0 Å². The lowest BCUT2D eigenvalue weighted by Crippen LogP contribution is -2.42. The molecule has 1 aromatic carbocycles. The monoisotopic (exact) mass is 447 g/mol. The van der Waals surface area contributed by atoms with Gasteiger partial charge < -0.3 is 10.2 Å². The molecule has 5 rings (SSSR count). The fourth-order valence-electron chi connectivity index (χ4n) is 4.62. The second kappa shape index (κ2) is 7.72. The van der Waals surface area contributed by atoms with Crippen LogP contribution in [-0.4, -0.2) is 30.8 Å². The zero-order valence-corrected chi connectivity index (χ0v) is 17.3. The molecule has 11 heteroatoms. The molecule has 0 spiro atoms. The summed E-state index contributed by atoms with van der Waals surface area (Å²) in [5.41, 5.74) is -0.455. The molecule has 0 amide bonds. The van der Waals surface area contributed by atoms with Crippen LogP contribution < -0.4 is 10.2 Å². The van der Waals surface area contributed by atoms with Crippen molar-refractivity contribution in [1.82, 2.24) is 24.7 Å². The highest BCUT2D eigenvalue weighted by Crippen LogP contribution is 2.43. The lowest BCUT2D eigenvalue weighted by atomic mass is 10.0. The summed E-state index contributed by atoms with van der Waals surface area (Å²) in [6, 6.07) is 2.60. The molecular formula is C21H21F4N7. The van der Waals surface area contributed by atoms with Gasteiger partial charge in [-0.15, -0.1) is 10.2 Å². The van der Waals surface area contributed by atoms with Crippen LogP contribution in [0.25, 0.3) is 5.69 Å². The van der Waals surface area contributed by atoms with E-state index in [4.69, 9.17) is 0 Å². The van der Waals surface area contributed by atoms with E-state index >= 15 is 0 Å². The minimum absolute atomic E-state index is 0.0151. The Hall–Kier alpha value is -3.24. The third kappa shape index (κ3) is 3.45. The third-order valence-electron chi connectivity index (χ3n) is 6.11. The molecule has 2 aromatic heterocycles. The highest BCUT2D eigenvalue weighted by Gasteiger charge is 2.38. The van der Waals surface area contributed by atoms with Gasteiger partial charge in [0.05, 0.1) is 23.5 Å². The SMILES string of the molecule is CC[C@@H]1c2nncn2-c2cnc(Nc3ccc(C(F)(F)F)cc3F)nc2N1C1CCCC1. The zero-order chi connectivity index (χ0) is 22.5. The van der Waals surface area contributed by atoms with Crippen molar-refractivity contribution in [3.8, 4) is 5.69 Å². The molecule has 1 aliphatic carbocycles. The molecule has 1 atom stereocenters. The van der Waals surface area contributed by atoms with Crippen LogP contribution >= 0.6 is 0 Å². The van der Waals surface area contributed by atoms with E-state index in [0.29, 0.717) is 11.9 Å². The van der Waals surface area contributed by atoms with Crippen LogP contribution in [0.5, 0.6) is 0 Å². The summed E-state index contributed by atoms with van der Waals surface area (Å²) in [7, 11) is 0. The van der Waals surface area contributed by atoms with Gasteiger partial charge in [0.25, 0.3) is 0 Å². The van der Waals surface area contributed by atoms with Gasteiger partial charge in [-0.3, -0.25) is 4.57 Å². The number of nitrogens with one attached hydrogen (secondary N) is 1. The molecule has 3 heterocycles. The van der Waals surface area contributed by atoms with Gasteiger partial charge in [0.1, 0.15) is 17.8 Å². The average molecular weight is 447 g/mol. The van der Waals surface area contributed by atoms with Gasteiger partial charge in [-0.05, 0) is 37.5 Å². The van der Waals surface area contributed by atoms with Gasteiger partial charge in [0.2, 0.25) is 5.95 Å². The number of alkyl halides is 3. The van der Waals surface area contributed by atoms with Gasteiger partial charge in [-0.25, -0.2) is 9.37 Å². The number of halogens is 4. The van der Waals surface area contributed by atoms with E-state index in [0.717, 1.165) is 55.7 Å². The molecule has 1 aliphatic heterocycles. The van der Waals surface area contributed by atoms with E-state index in [-0.39, 0.29) is 23.7 Å². The van der Waals surface area contributed by atoms with Crippen LogP contribution in [0.15, 0.2) is 30.7 Å². The minimum atomic E-state index is -4.62. The number of rotatable bonds is 4. The molecule has 1 saturated carbocycles. The van der Waals surface area contributed by atoms with Gasteiger partial charge >= 0.3 is 6.18 Å². The van der Waals surface area contributed by atoms with Crippen LogP contribution in [0.2, 0.25) is 0 Å². The lowest BCUT2D eigenvalue weighted by Gasteiger charge is -2.40. The first-order chi connectivity index (χ1) is 15.4. The lowest BCUT2D eigenvalue weighted by molar-refractivity contribution is -0.137. The Morgan fingerprint density at radius 3 is 2.66 bits per heavy atom. The second-order valence-electron chi connectivity index (χ2n) is 8.05. The Balaban J connectivity index is 1.54. The predicted octanol–water partition coefficient (Wildman–Crippen LogP) is 5.17. The van der Waals surface area contributed by atoms with Crippen LogP contribution in [0, 0.1) is 5.82 Å². The highest BCUT2D eigenvalue weighted by molar-refractivity contribution is 5.65. The first-order valence-electron chi connectivity index (χ1n) is 10.6. The second-order valence-corrected chi connectivity index (χ2v) is 8.05. The van der Waals surface area contributed by atoms with E-state index in [1.807, 2.05) is 4.57 Å². The normalized spacial score (nSPS) is 18.5. The molecule has 1 fully saturated rings. The average Bonchev–Trinajstić information content (AvgIpc) is 3.45. The summed E-state index contributed by atoms with van der Waals surface area (Å²) < 4.78 is 54.7. The largest absolute Gasteiger partial charge is 0.416 e. The summed E-state index contributed by atoms with van der Waals surface area (Å²) in [6.07, 6.45) is 3.74. The van der Waals surface area contributed by atoms with Crippen molar-refractivity contribution in [3.05, 3.63) is 47.9 Å². The number of hydrogen-bond acceptors (Lipinski definition) is 6. The molecule has 1 N–H and O–H groups in total. The molecule has 7 nitrogen and oxygen atoms in total. The molecule has 32 heavy (non-hydrogen) atoms. The number of benzene rings is 1. The molecule has 0 bridgehead atoms. The van der Waals surface area contributed by atoms with Gasteiger partial charge in [-0.2, -0.15) is 18.2 Å². The molecule has 168 valence electrons. The number of fused-ring (bicyclic) bond motifs is 3. The van der Waals surface area contributed by atoms with Crippen molar-refractivity contribution in [3.63, 3.8) is 0 Å². The summed E-state index contributed by atoms with van der Waals surface area (Å²) in [6.45, 7) is 2.08. The van der Waals surface area contributed by atoms with Crippen molar-refractivity contribution in [2.45, 2.75) is 57.3 Å². The standard InChI is InChI=1S/C21H21F4N7/c1-2-16-19-30-27-11-31(19)17-10-26-20(29-18(17)32(16)13-5-3-4-6-13)28-15-8-7-12(9-14(15)22)21(23,24)25/h7-11,13,16H,2-6H2,1H3,(H,26,28,29)/t16-/m1/s1. The topological polar surface area (TPSA) is 71.8 Å². The van der Waals surface area contributed by atoms with Crippen molar-refractivity contribution in [1.29, 1.82) is 0 Å². The van der Waals surface area contributed by atoms with Crippen LogP contribution in [0.1, 0.15) is 56.5 Å². The van der Waals surface area contributed by atoms with Crippen molar-refractivity contribution >= 4 is 17.5 Å². The molecule has 2 aliphatic rings. The number of nitrogens with zero attached hydrogens (tertiary/aromatic N) is 6. The Labute approximate surface area is 181 Å². The van der Waals surface area contributed by atoms with E-state index in [9.17, 15) is 17.6 Å². The number of hydrogen-bond donors (Lipinski definition) is 1. The highest BCUT2D eigenvalue weighted by atomic mass is 19.4. The van der Waals surface area contributed by atoms with Crippen LogP contribution in [-0.2, 0) is 6.18 Å². The summed E-state index contributed by atoms with van der Waals surface area (Å²) in [5.74, 6) is 0.587. The maximum atomic E-state index is 14.4. The number of aromatic nitrogens is 5. The maximum absolute atomic E-state index is 14.4. The van der Waals surface area contributed by atoms with Crippen molar-refractivity contribution in [2.75, 3.05) is 10.2 Å². The Kier molecular flexibility index (Phi) is 4.98. The van der Waals surface area contributed by atoms with E-state index in [1.54, 1.807) is 12.5 Å². The third-order valence-corrected chi connectivity index (χ3v) is 6.11. The van der Waals surface area contributed by atoms with E-state index in [2.05, 4.69) is 37.3 Å². The predicted molar refractivity (Wildman–Crippen MR) is 109 cm³/mol.